The first kappa shape index (κ1) is 22.8. The molecule has 0 aliphatic rings. The van der Waals surface area contributed by atoms with Gasteiger partial charge >= 0.3 is 17.1 Å². The normalized spacial score (nSPS) is 9.67. The predicted molar refractivity (Wildman–Crippen MR) is 33.7 cm³/mol. The fraction of sp³-hybridized carbons (Fsp3) is 1.00. The standard InChI is InChI=1S/2CH4O3S.Cu.FH/c2*1-5(2,3)4;;/h2*1H3,(H,2,3,4);;1H/q;;+2;/p-2. The zero-order valence-electron chi connectivity index (χ0n) is 5.98. The van der Waals surface area contributed by atoms with Crippen LogP contribution in [0.3, 0.4) is 0 Å². The van der Waals surface area contributed by atoms with E-state index >= 15 is 0 Å². The first-order valence-corrected chi connectivity index (χ1v) is 5.45. The molecule has 0 aliphatic carbocycles. The molecule has 0 amide bonds. The van der Waals surface area contributed by atoms with Gasteiger partial charge in [0.15, 0.2) is 0 Å². The molecule has 81 valence electrons. The summed E-state index contributed by atoms with van der Waals surface area (Å²) in [5.74, 6) is 0. The van der Waals surface area contributed by atoms with Crippen molar-refractivity contribution >= 4 is 20.2 Å². The maximum Gasteiger partial charge on any atom is 2.00 e. The SMILES string of the molecule is CS(=O)(=O)[O-].CS(=O)(=O)[O-].F.[Cu+2]. The number of hydrogen-bond donors (Lipinski definition) is 0. The van der Waals surface area contributed by atoms with Crippen LogP contribution in [0.2, 0.25) is 0 Å². The molecule has 0 saturated heterocycles. The Hall–Kier alpha value is 0.269. The molecule has 0 saturated carbocycles. The van der Waals surface area contributed by atoms with E-state index in [1.165, 1.54) is 0 Å². The Morgan fingerprint density at radius 3 is 0.833 bits per heavy atom. The molecular formula is C2H7CuFO6S2. The summed E-state index contributed by atoms with van der Waals surface area (Å²) >= 11 is 0. The molecule has 0 spiro atoms. The molecule has 10 heteroatoms. The minimum Gasteiger partial charge on any atom is -0.748 e. The molecule has 6 nitrogen and oxygen atoms in total. The summed E-state index contributed by atoms with van der Waals surface area (Å²) in [4.78, 5) is 0. The van der Waals surface area contributed by atoms with Crippen LogP contribution in [0.15, 0.2) is 0 Å². The Kier molecular flexibility index (Phi) is 15.0. The first-order valence-electron chi connectivity index (χ1n) is 1.82. The third-order valence-electron chi connectivity index (χ3n) is 0. The molecule has 0 aromatic heterocycles. The topological polar surface area (TPSA) is 114 Å². The van der Waals surface area contributed by atoms with Crippen molar-refractivity contribution in [2.45, 2.75) is 0 Å². The second-order valence-corrected chi connectivity index (χ2v) is 4.22. The van der Waals surface area contributed by atoms with Crippen molar-refractivity contribution < 1.29 is 47.7 Å². The van der Waals surface area contributed by atoms with Gasteiger partial charge in [0.2, 0.25) is 0 Å². The Morgan fingerprint density at radius 1 is 0.833 bits per heavy atom. The average molecular weight is 274 g/mol. The van der Waals surface area contributed by atoms with Crippen molar-refractivity contribution in [3.63, 3.8) is 0 Å². The molecular weight excluding hydrogens is 267 g/mol. The minimum atomic E-state index is -3.92. The van der Waals surface area contributed by atoms with E-state index in [4.69, 9.17) is 25.9 Å². The second kappa shape index (κ2) is 7.89. The Morgan fingerprint density at radius 2 is 0.833 bits per heavy atom. The first-order chi connectivity index (χ1) is 4.00. The van der Waals surface area contributed by atoms with Gasteiger partial charge in [0, 0.05) is 12.5 Å². The van der Waals surface area contributed by atoms with Crippen molar-refractivity contribution in [1.82, 2.24) is 0 Å². The van der Waals surface area contributed by atoms with E-state index in [-0.39, 0.29) is 21.8 Å². The maximum atomic E-state index is 9.08. The molecule has 0 heterocycles. The Labute approximate surface area is 80.7 Å². The van der Waals surface area contributed by atoms with Crippen LogP contribution in [0, 0.1) is 0 Å². The van der Waals surface area contributed by atoms with Gasteiger partial charge in [0.1, 0.15) is 0 Å². The average Bonchev–Trinajstić information content (AvgIpc) is 1.12. The van der Waals surface area contributed by atoms with Gasteiger partial charge in [-0.1, -0.05) is 0 Å². The molecule has 0 atom stereocenters. The summed E-state index contributed by atoms with van der Waals surface area (Å²) in [5, 5.41) is 0. The monoisotopic (exact) mass is 273 g/mol. The van der Waals surface area contributed by atoms with Crippen LogP contribution in [0.1, 0.15) is 0 Å². The summed E-state index contributed by atoms with van der Waals surface area (Å²) in [6.07, 6.45) is 1.21. The Balaban J connectivity index is -0.0000000457. The van der Waals surface area contributed by atoms with E-state index < -0.39 is 20.2 Å². The van der Waals surface area contributed by atoms with Gasteiger partial charge in [-0.15, -0.1) is 0 Å². The molecule has 0 N–H and O–H groups in total. The van der Waals surface area contributed by atoms with Crippen molar-refractivity contribution in [2.75, 3.05) is 12.5 Å². The van der Waals surface area contributed by atoms with E-state index in [0.29, 0.717) is 12.5 Å². The summed E-state index contributed by atoms with van der Waals surface area (Å²) in [6.45, 7) is 0. The number of hydrogen-bond acceptors (Lipinski definition) is 6. The van der Waals surface area contributed by atoms with Crippen LogP contribution >= 0.6 is 0 Å². The molecule has 0 rings (SSSR count). The van der Waals surface area contributed by atoms with Crippen LogP contribution < -0.4 is 0 Å². The van der Waals surface area contributed by atoms with Crippen LogP contribution in [0.25, 0.3) is 0 Å². The third kappa shape index (κ3) is 12200. The van der Waals surface area contributed by atoms with Crippen molar-refractivity contribution in [2.24, 2.45) is 0 Å². The van der Waals surface area contributed by atoms with Crippen molar-refractivity contribution in [3.8, 4) is 0 Å². The zero-order valence-corrected chi connectivity index (χ0v) is 8.55. The van der Waals surface area contributed by atoms with Crippen molar-refractivity contribution in [1.29, 1.82) is 0 Å². The van der Waals surface area contributed by atoms with Gasteiger partial charge in [0.05, 0.1) is 20.2 Å². The van der Waals surface area contributed by atoms with E-state index in [0.717, 1.165) is 0 Å². The van der Waals surface area contributed by atoms with Gasteiger partial charge < -0.3 is 9.11 Å². The number of rotatable bonds is 0. The van der Waals surface area contributed by atoms with Gasteiger partial charge in [-0.3, -0.25) is 4.70 Å². The molecule has 0 fully saturated rings. The van der Waals surface area contributed by atoms with Gasteiger partial charge in [-0.05, 0) is 0 Å². The quantitative estimate of drug-likeness (QED) is 0.391. The van der Waals surface area contributed by atoms with Crippen LogP contribution in [0.5, 0.6) is 0 Å². The Bertz CT molecular complexity index is 220. The fourth-order valence-corrected chi connectivity index (χ4v) is 0. The summed E-state index contributed by atoms with van der Waals surface area (Å²) in [7, 11) is -7.83. The van der Waals surface area contributed by atoms with Crippen molar-refractivity contribution in [3.05, 3.63) is 0 Å². The number of halogens is 1. The summed E-state index contributed by atoms with van der Waals surface area (Å²) < 4.78 is 54.5. The molecule has 1 radical (unpaired) electrons. The van der Waals surface area contributed by atoms with E-state index in [2.05, 4.69) is 0 Å². The largest absolute Gasteiger partial charge is 2.00 e. The van der Waals surface area contributed by atoms with E-state index in [1.807, 2.05) is 0 Å². The summed E-state index contributed by atoms with van der Waals surface area (Å²) in [6, 6.07) is 0. The maximum absolute atomic E-state index is 9.08. The smallest absolute Gasteiger partial charge is 0.748 e. The molecule has 0 aliphatic heterocycles. The predicted octanol–water partition coefficient (Wildman–Crippen LogP) is -1.53. The van der Waals surface area contributed by atoms with Gasteiger partial charge in [-0.25, -0.2) is 16.8 Å². The molecule has 0 bridgehead atoms. The fourth-order valence-electron chi connectivity index (χ4n) is 0. The van der Waals surface area contributed by atoms with Crippen LogP contribution in [-0.2, 0) is 37.3 Å². The van der Waals surface area contributed by atoms with E-state index in [1.54, 1.807) is 0 Å². The van der Waals surface area contributed by atoms with Crippen LogP contribution in [-0.4, -0.2) is 38.5 Å². The van der Waals surface area contributed by atoms with Gasteiger partial charge in [-0.2, -0.15) is 0 Å². The molecule has 0 aromatic carbocycles. The molecule has 12 heavy (non-hydrogen) atoms. The second-order valence-electron chi connectivity index (χ2n) is 1.41. The zero-order chi connectivity index (χ0) is 9.00. The van der Waals surface area contributed by atoms with Gasteiger partial charge in [0.25, 0.3) is 0 Å². The summed E-state index contributed by atoms with van der Waals surface area (Å²) in [5.41, 5.74) is 0. The molecule has 0 aromatic rings. The minimum absolute atomic E-state index is 0. The van der Waals surface area contributed by atoms with Crippen LogP contribution in [0.4, 0.5) is 4.70 Å². The third-order valence-corrected chi connectivity index (χ3v) is 0. The van der Waals surface area contributed by atoms with E-state index in [9.17, 15) is 0 Å². The molecule has 0 unspecified atom stereocenters.